The van der Waals surface area contributed by atoms with Gasteiger partial charge in [0.15, 0.2) is 0 Å². The molecule has 0 amide bonds. The summed E-state index contributed by atoms with van der Waals surface area (Å²) in [6.45, 7) is 1.42. The number of carboxylic acid groups (broad SMARTS) is 1. The molecule has 3 N–H and O–H groups in total. The van der Waals surface area contributed by atoms with Crippen molar-refractivity contribution in [2.45, 2.75) is 24.8 Å². The molecule has 0 radical (unpaired) electrons. The van der Waals surface area contributed by atoms with Gasteiger partial charge in [-0.15, -0.1) is 23.2 Å². The first-order valence-corrected chi connectivity index (χ1v) is 8.08. The summed E-state index contributed by atoms with van der Waals surface area (Å²) in [5.74, 6) is 0.102. The molecule has 0 spiro atoms. The van der Waals surface area contributed by atoms with Crippen LogP contribution in [0.4, 0.5) is 5.69 Å². The van der Waals surface area contributed by atoms with E-state index in [0.29, 0.717) is 44.1 Å². The molecule has 0 saturated carbocycles. The molecule has 0 heterocycles. The molecule has 1 aromatic carbocycles. The first-order valence-electron chi connectivity index (χ1n) is 7.01. The zero-order valence-corrected chi connectivity index (χ0v) is 13.3. The Morgan fingerprint density at radius 2 is 1.95 bits per heavy atom. The van der Waals surface area contributed by atoms with Crippen LogP contribution in [0.3, 0.4) is 0 Å². The Labute approximate surface area is 134 Å². The number of fused-ring (bicyclic) bond motifs is 1. The fourth-order valence-electron chi connectivity index (χ4n) is 2.76. The number of nitrogens with zero attached hydrogens (tertiary/aromatic N) is 1. The number of halogens is 2. The first-order chi connectivity index (χ1) is 10.00. The molecule has 0 bridgehead atoms. The number of benzene rings is 1. The number of carboxylic acids is 1. The van der Waals surface area contributed by atoms with Crippen molar-refractivity contribution >= 4 is 34.9 Å². The minimum atomic E-state index is -1.16. The van der Waals surface area contributed by atoms with Gasteiger partial charge in [0.2, 0.25) is 0 Å². The van der Waals surface area contributed by atoms with Crippen LogP contribution in [0.25, 0.3) is 0 Å². The van der Waals surface area contributed by atoms with Crippen LogP contribution >= 0.6 is 23.2 Å². The average molecular weight is 331 g/mol. The minimum absolute atomic E-state index is 0.362. The van der Waals surface area contributed by atoms with Crippen LogP contribution in [0.5, 0.6) is 0 Å². The van der Waals surface area contributed by atoms with Gasteiger partial charge in [0.05, 0.1) is 0 Å². The quantitative estimate of drug-likeness (QED) is 0.785. The van der Waals surface area contributed by atoms with E-state index in [0.717, 1.165) is 11.3 Å². The maximum absolute atomic E-state index is 11.3. The van der Waals surface area contributed by atoms with Crippen LogP contribution in [-0.2, 0) is 17.6 Å². The predicted octanol–water partition coefficient (Wildman–Crippen LogP) is 2.24. The monoisotopic (exact) mass is 330 g/mol. The van der Waals surface area contributed by atoms with Crippen LogP contribution in [0, 0.1) is 0 Å². The molecule has 6 heteroatoms. The molecular formula is C15H20Cl2N2O2. The molecule has 0 aliphatic heterocycles. The molecule has 0 saturated heterocycles. The van der Waals surface area contributed by atoms with E-state index < -0.39 is 11.5 Å². The Morgan fingerprint density at radius 3 is 2.52 bits per heavy atom. The molecule has 1 aromatic rings. The van der Waals surface area contributed by atoms with Gasteiger partial charge in [-0.05, 0) is 36.1 Å². The van der Waals surface area contributed by atoms with Crippen LogP contribution in [0.1, 0.15) is 17.5 Å². The zero-order chi connectivity index (χ0) is 15.5. The summed E-state index contributed by atoms with van der Waals surface area (Å²) in [7, 11) is 0. The second-order valence-corrected chi connectivity index (χ2v) is 6.21. The number of hydrogen-bond acceptors (Lipinski definition) is 3. The molecule has 1 aliphatic rings. The van der Waals surface area contributed by atoms with Crippen molar-refractivity contribution in [3.63, 3.8) is 0 Å². The minimum Gasteiger partial charge on any atom is -0.480 e. The van der Waals surface area contributed by atoms with E-state index in [2.05, 4.69) is 11.0 Å². The van der Waals surface area contributed by atoms with E-state index in [4.69, 9.17) is 28.9 Å². The molecule has 0 unspecified atom stereocenters. The van der Waals surface area contributed by atoms with Gasteiger partial charge in [0.1, 0.15) is 5.54 Å². The van der Waals surface area contributed by atoms with Crippen LogP contribution in [0.15, 0.2) is 18.2 Å². The summed E-state index contributed by atoms with van der Waals surface area (Å²) >= 11 is 11.7. The standard InChI is InChI=1S/C15H20Cl2N2O2/c16-5-7-19(8-6-17)13-2-1-11-3-4-15(18,14(20)21)10-12(11)9-13/h1-2,9H,3-8,10,18H2,(H,20,21)/t15-/m1/s1. The van der Waals surface area contributed by atoms with E-state index >= 15 is 0 Å². The number of carbonyl (C=O) groups is 1. The van der Waals surface area contributed by atoms with E-state index in [1.807, 2.05) is 12.1 Å². The Morgan fingerprint density at radius 1 is 1.29 bits per heavy atom. The second kappa shape index (κ2) is 6.86. The van der Waals surface area contributed by atoms with Gasteiger partial charge < -0.3 is 15.7 Å². The fourth-order valence-corrected chi connectivity index (χ4v) is 3.17. The molecule has 1 aliphatic carbocycles. The van der Waals surface area contributed by atoms with Gasteiger partial charge in [-0.3, -0.25) is 4.79 Å². The number of nitrogens with two attached hydrogens (primary N) is 1. The second-order valence-electron chi connectivity index (χ2n) is 5.46. The Bertz CT molecular complexity index is 518. The Balaban J connectivity index is 2.27. The number of alkyl halides is 2. The molecule has 21 heavy (non-hydrogen) atoms. The van der Waals surface area contributed by atoms with Gasteiger partial charge in [-0.1, -0.05) is 6.07 Å². The molecule has 4 nitrogen and oxygen atoms in total. The van der Waals surface area contributed by atoms with E-state index in [-0.39, 0.29) is 0 Å². The Hall–Kier alpha value is -0.970. The van der Waals surface area contributed by atoms with Gasteiger partial charge >= 0.3 is 5.97 Å². The third-order valence-electron chi connectivity index (χ3n) is 4.04. The number of aliphatic carboxylic acids is 1. The highest BCUT2D eigenvalue weighted by Crippen LogP contribution is 2.30. The summed E-state index contributed by atoms with van der Waals surface area (Å²) in [4.78, 5) is 13.4. The maximum Gasteiger partial charge on any atom is 0.324 e. The average Bonchev–Trinajstić information content (AvgIpc) is 2.46. The highest BCUT2D eigenvalue weighted by molar-refractivity contribution is 6.18. The van der Waals surface area contributed by atoms with Crippen LogP contribution < -0.4 is 10.6 Å². The molecule has 0 fully saturated rings. The summed E-state index contributed by atoms with van der Waals surface area (Å²) in [5.41, 5.74) is 8.06. The molecule has 2 rings (SSSR count). The van der Waals surface area contributed by atoms with Gasteiger partial charge in [0.25, 0.3) is 0 Å². The van der Waals surface area contributed by atoms with Gasteiger partial charge in [0, 0.05) is 37.0 Å². The lowest BCUT2D eigenvalue weighted by Gasteiger charge is -2.32. The number of aryl methyl sites for hydroxylation is 1. The molecule has 1 atom stereocenters. The SMILES string of the molecule is N[C@]1(C(=O)O)CCc2ccc(N(CCCl)CCCl)cc2C1. The van der Waals surface area contributed by atoms with Crippen LogP contribution in [-0.4, -0.2) is 41.5 Å². The van der Waals surface area contributed by atoms with Crippen LogP contribution in [0.2, 0.25) is 0 Å². The number of anilines is 1. The molecule has 116 valence electrons. The third-order valence-corrected chi connectivity index (χ3v) is 4.37. The van der Waals surface area contributed by atoms with E-state index in [9.17, 15) is 9.90 Å². The zero-order valence-electron chi connectivity index (χ0n) is 11.8. The lowest BCUT2D eigenvalue weighted by molar-refractivity contribution is -0.143. The summed E-state index contributed by atoms with van der Waals surface area (Å²) < 4.78 is 0. The maximum atomic E-state index is 11.3. The van der Waals surface area contributed by atoms with Crippen molar-refractivity contribution in [1.82, 2.24) is 0 Å². The van der Waals surface area contributed by atoms with Gasteiger partial charge in [-0.2, -0.15) is 0 Å². The normalized spacial score (nSPS) is 20.9. The predicted molar refractivity (Wildman–Crippen MR) is 86.7 cm³/mol. The van der Waals surface area contributed by atoms with Gasteiger partial charge in [-0.25, -0.2) is 0 Å². The smallest absolute Gasteiger partial charge is 0.324 e. The van der Waals surface area contributed by atoms with E-state index in [1.165, 1.54) is 5.56 Å². The van der Waals surface area contributed by atoms with Crippen molar-refractivity contribution in [3.05, 3.63) is 29.3 Å². The lowest BCUT2D eigenvalue weighted by Crippen LogP contribution is -2.52. The number of hydrogen-bond donors (Lipinski definition) is 2. The molecule has 0 aromatic heterocycles. The summed E-state index contributed by atoms with van der Waals surface area (Å²) in [6, 6.07) is 6.13. The third kappa shape index (κ3) is 3.62. The number of rotatable bonds is 6. The topological polar surface area (TPSA) is 66.6 Å². The summed E-state index contributed by atoms with van der Waals surface area (Å²) in [6.07, 6.45) is 1.53. The largest absolute Gasteiger partial charge is 0.480 e. The summed E-state index contributed by atoms with van der Waals surface area (Å²) in [5, 5.41) is 9.30. The van der Waals surface area contributed by atoms with Crippen molar-refractivity contribution in [1.29, 1.82) is 0 Å². The highest BCUT2D eigenvalue weighted by Gasteiger charge is 2.37. The Kier molecular flexibility index (Phi) is 5.36. The highest BCUT2D eigenvalue weighted by atomic mass is 35.5. The van der Waals surface area contributed by atoms with Crippen molar-refractivity contribution in [2.24, 2.45) is 5.73 Å². The van der Waals surface area contributed by atoms with Crippen molar-refractivity contribution < 1.29 is 9.90 Å². The van der Waals surface area contributed by atoms with E-state index in [1.54, 1.807) is 0 Å². The van der Waals surface area contributed by atoms with Crippen molar-refractivity contribution in [3.8, 4) is 0 Å². The van der Waals surface area contributed by atoms with Crippen molar-refractivity contribution in [2.75, 3.05) is 29.7 Å². The first kappa shape index (κ1) is 16.4. The fraction of sp³-hybridized carbons (Fsp3) is 0.533. The molecular weight excluding hydrogens is 311 g/mol. The lowest BCUT2D eigenvalue weighted by atomic mass is 9.78.